The van der Waals surface area contributed by atoms with Gasteiger partial charge in [0.05, 0.1) is 0 Å². The fraction of sp³-hybridized carbons (Fsp3) is 0.250. The summed E-state index contributed by atoms with van der Waals surface area (Å²) >= 11 is 1.20. The molecule has 0 radical (unpaired) electrons. The number of carboxylic acid groups (broad SMARTS) is 1. The number of esters is 1. The van der Waals surface area contributed by atoms with Gasteiger partial charge in [0, 0.05) is 11.2 Å². The highest BCUT2D eigenvalue weighted by atomic mass is 32.1. The molecule has 1 saturated heterocycles. The number of nitrogens with zero attached hydrogens (tertiary/aromatic N) is 1. The largest absolute Gasteiger partial charge is 0.480 e. The molecule has 34 heavy (non-hydrogen) atoms. The summed E-state index contributed by atoms with van der Waals surface area (Å²) in [4.78, 5) is 24.3. The molecule has 1 aliphatic rings. The number of hydrogen-bond acceptors (Lipinski definition) is 6. The van der Waals surface area contributed by atoms with Gasteiger partial charge in [0.2, 0.25) is 5.91 Å². The third-order valence-corrected chi connectivity index (χ3v) is 9.12. The van der Waals surface area contributed by atoms with E-state index in [2.05, 4.69) is 6.58 Å². The maximum atomic E-state index is 16.1. The van der Waals surface area contributed by atoms with Crippen molar-refractivity contribution in [3.8, 4) is 5.75 Å². The lowest BCUT2D eigenvalue weighted by Crippen LogP contribution is -2.36. The molecule has 0 amide bonds. The first-order valence-electron chi connectivity index (χ1n) is 10.6. The molecule has 0 spiro atoms. The number of carbonyl (C=O) groups excluding carboxylic acids is 1. The zero-order valence-corrected chi connectivity index (χ0v) is 19.8. The van der Waals surface area contributed by atoms with Crippen molar-refractivity contribution in [1.29, 1.82) is 0 Å². The third kappa shape index (κ3) is 4.78. The van der Waals surface area contributed by atoms with E-state index in [9.17, 15) is 19.3 Å². The minimum absolute atomic E-state index is 0.0749. The summed E-state index contributed by atoms with van der Waals surface area (Å²) in [6.45, 7) is 3.72. The van der Waals surface area contributed by atoms with Gasteiger partial charge < -0.3 is 14.4 Å². The van der Waals surface area contributed by atoms with Crippen LogP contribution < -0.4 is 4.52 Å². The summed E-state index contributed by atoms with van der Waals surface area (Å²) in [6.07, 6.45) is 2.18. The van der Waals surface area contributed by atoms with Crippen molar-refractivity contribution in [1.82, 2.24) is 4.67 Å². The Morgan fingerprint density at radius 1 is 1.26 bits per heavy atom. The monoisotopic (exact) mass is 503 g/mol. The molecule has 1 N–H and O–H groups in total. The molecule has 0 saturated carbocycles. The van der Waals surface area contributed by atoms with Gasteiger partial charge >= 0.3 is 19.5 Å². The van der Waals surface area contributed by atoms with Gasteiger partial charge in [-0.1, -0.05) is 36.9 Å². The zero-order valence-electron chi connectivity index (χ0n) is 18.1. The summed E-state index contributed by atoms with van der Waals surface area (Å²) in [5.74, 6) is -3.60. The Morgan fingerprint density at radius 3 is 2.74 bits per heavy atom. The smallest absolute Gasteiger partial charge is 0.358 e. The lowest BCUT2D eigenvalue weighted by atomic mass is 10.2. The SMILES string of the molecule is C=CCOC(=O)c1cc2cc(C(F)P(=O)(Oc3ccccc3)N3CCC[C@H]3C(=O)O)ccc2s1. The fourth-order valence-electron chi connectivity index (χ4n) is 3.90. The van der Waals surface area contributed by atoms with Crippen molar-refractivity contribution in [3.63, 3.8) is 0 Å². The first kappa shape index (κ1) is 24.1. The predicted molar refractivity (Wildman–Crippen MR) is 128 cm³/mol. The van der Waals surface area contributed by atoms with Crippen LogP contribution in [0.1, 0.15) is 34.0 Å². The zero-order chi connectivity index (χ0) is 24.3. The van der Waals surface area contributed by atoms with Crippen molar-refractivity contribution >= 4 is 40.9 Å². The van der Waals surface area contributed by atoms with E-state index in [-0.39, 0.29) is 30.9 Å². The molecule has 2 unspecified atom stereocenters. The standard InChI is InChI=1S/C24H23FNO6PS/c1-2-13-31-24(29)21-15-17-14-16(10-11-20(17)34-21)22(25)33(30,32-18-7-4-3-5-8-18)26-12-6-9-19(26)23(27)28/h2-5,7-8,10-11,14-15,19,22H,1,6,9,12-13H2,(H,27,28)/t19-,22?,33?/m0/s1. The van der Waals surface area contributed by atoms with Crippen molar-refractivity contribution in [3.05, 3.63) is 77.7 Å². The lowest BCUT2D eigenvalue weighted by molar-refractivity contribution is -0.140. The maximum Gasteiger partial charge on any atom is 0.358 e. The number of carbonyl (C=O) groups is 2. The van der Waals surface area contributed by atoms with Crippen LogP contribution in [0.25, 0.3) is 10.1 Å². The molecular formula is C24H23FNO6PS. The van der Waals surface area contributed by atoms with Crippen molar-refractivity contribution < 1.29 is 32.9 Å². The summed E-state index contributed by atoms with van der Waals surface area (Å²) in [6, 6.07) is 13.3. The van der Waals surface area contributed by atoms with E-state index in [4.69, 9.17) is 9.26 Å². The van der Waals surface area contributed by atoms with E-state index in [0.29, 0.717) is 16.7 Å². The number of carboxylic acids is 1. The van der Waals surface area contributed by atoms with Gasteiger partial charge in [-0.15, -0.1) is 11.3 Å². The van der Waals surface area contributed by atoms with Crippen LogP contribution in [0.4, 0.5) is 4.39 Å². The van der Waals surface area contributed by atoms with Crippen LogP contribution in [0.15, 0.2) is 67.3 Å². The number of rotatable bonds is 9. The van der Waals surface area contributed by atoms with E-state index in [1.807, 2.05) is 0 Å². The van der Waals surface area contributed by atoms with Crippen LogP contribution in [0.3, 0.4) is 0 Å². The molecule has 3 atom stereocenters. The van der Waals surface area contributed by atoms with Crippen molar-refractivity contribution in [2.45, 2.75) is 24.8 Å². The Balaban J connectivity index is 1.71. The second-order valence-corrected chi connectivity index (χ2v) is 11.1. The third-order valence-electron chi connectivity index (χ3n) is 5.48. The minimum atomic E-state index is -4.33. The second-order valence-electron chi connectivity index (χ2n) is 7.76. The van der Waals surface area contributed by atoms with Gasteiger partial charge in [0.1, 0.15) is 23.3 Å². The highest BCUT2D eigenvalue weighted by Gasteiger charge is 2.50. The van der Waals surface area contributed by atoms with Gasteiger partial charge in [-0.2, -0.15) is 0 Å². The normalized spacial score (nSPS) is 18.8. The lowest BCUT2D eigenvalue weighted by Gasteiger charge is -2.33. The van der Waals surface area contributed by atoms with Crippen LogP contribution in [-0.4, -0.2) is 40.9 Å². The Morgan fingerprint density at radius 2 is 2.03 bits per heavy atom. The summed E-state index contributed by atoms with van der Waals surface area (Å²) in [5, 5.41) is 10.2. The molecule has 1 fully saturated rings. The molecule has 1 aromatic heterocycles. The number of para-hydroxylation sites is 1. The number of halogens is 1. The Labute approximate surface area is 199 Å². The Kier molecular flexibility index (Phi) is 7.16. The van der Waals surface area contributed by atoms with Gasteiger partial charge in [-0.25, -0.2) is 13.9 Å². The van der Waals surface area contributed by atoms with E-state index >= 15 is 4.39 Å². The first-order valence-corrected chi connectivity index (χ1v) is 13.1. The Hall–Kier alpha value is -3.00. The topological polar surface area (TPSA) is 93.1 Å². The molecule has 0 aliphatic carbocycles. The van der Waals surface area contributed by atoms with E-state index in [1.54, 1.807) is 42.5 Å². The highest BCUT2D eigenvalue weighted by Crippen LogP contribution is 2.65. The van der Waals surface area contributed by atoms with Crippen LogP contribution in [-0.2, 0) is 14.1 Å². The molecule has 2 aromatic carbocycles. The molecule has 2 heterocycles. The van der Waals surface area contributed by atoms with E-state index < -0.39 is 31.4 Å². The summed E-state index contributed by atoms with van der Waals surface area (Å²) in [5.41, 5.74) is 0.0756. The van der Waals surface area contributed by atoms with Gasteiger partial charge in [-0.3, -0.25) is 9.36 Å². The number of fused-ring (bicyclic) bond motifs is 1. The number of ether oxygens (including phenoxy) is 1. The fourth-order valence-corrected chi connectivity index (χ4v) is 7.28. The Bertz CT molecular complexity index is 1260. The van der Waals surface area contributed by atoms with Crippen LogP contribution in [0, 0.1) is 0 Å². The van der Waals surface area contributed by atoms with Gasteiger partial charge in [0.15, 0.2) is 0 Å². The number of aliphatic carboxylic acids is 1. The average Bonchev–Trinajstić information content (AvgIpc) is 3.50. The number of hydrogen-bond donors (Lipinski definition) is 1. The maximum absolute atomic E-state index is 16.1. The molecule has 0 bridgehead atoms. The second kappa shape index (κ2) is 10.1. The molecular weight excluding hydrogens is 480 g/mol. The van der Waals surface area contributed by atoms with Crippen LogP contribution in [0.2, 0.25) is 0 Å². The minimum Gasteiger partial charge on any atom is -0.480 e. The summed E-state index contributed by atoms with van der Waals surface area (Å²) in [7, 11) is -4.33. The van der Waals surface area contributed by atoms with Gasteiger partial charge in [0.25, 0.3) is 0 Å². The predicted octanol–water partition coefficient (Wildman–Crippen LogP) is 6.03. The van der Waals surface area contributed by atoms with Crippen molar-refractivity contribution in [2.75, 3.05) is 13.2 Å². The summed E-state index contributed by atoms with van der Waals surface area (Å²) < 4.78 is 42.9. The van der Waals surface area contributed by atoms with E-state index in [1.165, 1.54) is 29.5 Å². The van der Waals surface area contributed by atoms with Crippen molar-refractivity contribution in [2.24, 2.45) is 0 Å². The van der Waals surface area contributed by atoms with E-state index in [0.717, 1.165) is 9.37 Å². The number of thiophene rings is 1. The quantitative estimate of drug-likeness (QED) is 0.216. The van der Waals surface area contributed by atoms with Gasteiger partial charge in [-0.05, 0) is 54.1 Å². The van der Waals surface area contributed by atoms with Crippen LogP contribution in [0.5, 0.6) is 5.75 Å². The number of alkyl halides is 1. The average molecular weight is 503 g/mol. The van der Waals surface area contributed by atoms with Crippen LogP contribution >= 0.6 is 18.9 Å². The first-order chi connectivity index (χ1) is 16.3. The molecule has 3 aromatic rings. The molecule has 4 rings (SSSR count). The number of benzene rings is 2. The molecule has 7 nitrogen and oxygen atoms in total. The molecule has 178 valence electrons. The molecule has 10 heteroatoms. The highest BCUT2D eigenvalue weighted by molar-refractivity contribution is 7.57. The molecule has 1 aliphatic heterocycles.